The maximum Gasteiger partial charge on any atom is 0.293 e. The molecule has 0 radical (unpaired) electrons. The molecule has 1 heterocycles. The standard InChI is InChI=1S/C11H15NO.C5H10O2/c13-11-6-4-10(5-7-11)12-8-2-1-3-9-12;1-5(2,3)7-4-6/h4-6H,1-3,7-9H2;4H,1-3H3. The molecule has 0 spiro atoms. The molecule has 4 heteroatoms. The Morgan fingerprint density at radius 2 is 1.80 bits per heavy atom. The number of hydrogen-bond donors (Lipinski definition) is 0. The number of likely N-dealkylation sites (tertiary alicyclic amines) is 1. The predicted molar refractivity (Wildman–Crippen MR) is 79.2 cm³/mol. The average Bonchev–Trinajstić information content (AvgIpc) is 2.40. The average molecular weight is 279 g/mol. The SMILES string of the molecule is CC(C)(C)OC=O.O=C1C=CC(N2CCCCC2)=CC1. The van der Waals surface area contributed by atoms with E-state index < -0.39 is 0 Å². The topological polar surface area (TPSA) is 46.6 Å². The highest BCUT2D eigenvalue weighted by Gasteiger charge is 2.13. The van der Waals surface area contributed by atoms with Crippen LogP contribution in [0.4, 0.5) is 0 Å². The van der Waals surface area contributed by atoms with Crippen molar-refractivity contribution in [1.29, 1.82) is 0 Å². The van der Waals surface area contributed by atoms with Crippen LogP contribution in [-0.4, -0.2) is 35.8 Å². The van der Waals surface area contributed by atoms with Gasteiger partial charge in [-0.3, -0.25) is 9.59 Å². The normalized spacial score (nSPS) is 18.9. The van der Waals surface area contributed by atoms with Gasteiger partial charge in [-0.2, -0.15) is 0 Å². The lowest BCUT2D eigenvalue weighted by Gasteiger charge is -2.30. The highest BCUT2D eigenvalue weighted by atomic mass is 16.5. The largest absolute Gasteiger partial charge is 0.462 e. The van der Waals surface area contributed by atoms with E-state index in [4.69, 9.17) is 0 Å². The number of rotatable bonds is 2. The van der Waals surface area contributed by atoms with Crippen LogP contribution in [0.15, 0.2) is 23.9 Å². The van der Waals surface area contributed by atoms with E-state index in [1.807, 2.05) is 32.9 Å². The van der Waals surface area contributed by atoms with E-state index in [0.29, 0.717) is 12.9 Å². The molecule has 2 aliphatic rings. The molecule has 1 fully saturated rings. The van der Waals surface area contributed by atoms with Gasteiger partial charge in [-0.25, -0.2) is 0 Å². The van der Waals surface area contributed by atoms with Crippen LogP contribution in [0.5, 0.6) is 0 Å². The molecule has 1 saturated heterocycles. The minimum atomic E-state index is -0.318. The summed E-state index contributed by atoms with van der Waals surface area (Å²) in [5, 5.41) is 0. The Bertz CT molecular complexity index is 385. The van der Waals surface area contributed by atoms with Crippen molar-refractivity contribution in [1.82, 2.24) is 4.90 Å². The molecule has 0 bridgehead atoms. The van der Waals surface area contributed by atoms with Crippen LogP contribution in [0, 0.1) is 0 Å². The van der Waals surface area contributed by atoms with Crippen molar-refractivity contribution < 1.29 is 14.3 Å². The zero-order valence-electron chi connectivity index (χ0n) is 12.7. The lowest BCUT2D eigenvalue weighted by molar-refractivity contribution is -0.138. The number of piperidine rings is 1. The molecule has 112 valence electrons. The van der Waals surface area contributed by atoms with Gasteiger partial charge in [0.2, 0.25) is 0 Å². The van der Waals surface area contributed by atoms with Crippen molar-refractivity contribution in [2.24, 2.45) is 0 Å². The first-order chi connectivity index (χ1) is 9.42. The predicted octanol–water partition coefficient (Wildman–Crippen LogP) is 2.84. The fraction of sp³-hybridized carbons (Fsp3) is 0.625. The summed E-state index contributed by atoms with van der Waals surface area (Å²) in [7, 11) is 0. The Kier molecular flexibility index (Phi) is 6.49. The zero-order valence-corrected chi connectivity index (χ0v) is 12.7. The van der Waals surface area contributed by atoms with Gasteiger partial charge in [0.25, 0.3) is 6.47 Å². The molecular formula is C16H25NO3. The minimum Gasteiger partial charge on any atom is -0.462 e. The van der Waals surface area contributed by atoms with Gasteiger partial charge in [-0.05, 0) is 52.2 Å². The fourth-order valence-electron chi connectivity index (χ4n) is 2.05. The van der Waals surface area contributed by atoms with Gasteiger partial charge in [-0.1, -0.05) is 6.08 Å². The van der Waals surface area contributed by atoms with E-state index in [2.05, 4.69) is 9.64 Å². The maximum atomic E-state index is 10.9. The molecule has 4 nitrogen and oxygen atoms in total. The summed E-state index contributed by atoms with van der Waals surface area (Å²) in [6.07, 6.45) is 10.2. The summed E-state index contributed by atoms with van der Waals surface area (Å²) in [5.74, 6) is 0.223. The van der Waals surface area contributed by atoms with Gasteiger partial charge in [0, 0.05) is 25.2 Å². The highest BCUT2D eigenvalue weighted by molar-refractivity contribution is 5.92. The second kappa shape index (κ2) is 7.88. The fourth-order valence-corrected chi connectivity index (χ4v) is 2.05. The van der Waals surface area contributed by atoms with Crippen LogP contribution >= 0.6 is 0 Å². The molecule has 0 amide bonds. The Morgan fingerprint density at radius 1 is 1.15 bits per heavy atom. The lowest BCUT2D eigenvalue weighted by atomic mass is 10.1. The molecule has 1 aliphatic carbocycles. The number of allylic oxidation sites excluding steroid dienone is 3. The smallest absolute Gasteiger partial charge is 0.293 e. The maximum absolute atomic E-state index is 10.9. The summed E-state index contributed by atoms with van der Waals surface area (Å²) in [6, 6.07) is 0. The summed E-state index contributed by atoms with van der Waals surface area (Å²) in [5.41, 5.74) is 0.932. The molecular weight excluding hydrogens is 254 g/mol. The van der Waals surface area contributed by atoms with E-state index in [9.17, 15) is 9.59 Å². The van der Waals surface area contributed by atoms with Crippen molar-refractivity contribution in [2.75, 3.05) is 13.1 Å². The Morgan fingerprint density at radius 3 is 2.20 bits per heavy atom. The van der Waals surface area contributed by atoms with E-state index in [-0.39, 0.29) is 11.4 Å². The van der Waals surface area contributed by atoms with E-state index >= 15 is 0 Å². The van der Waals surface area contributed by atoms with E-state index in [1.54, 1.807) is 6.08 Å². The second-order valence-electron chi connectivity index (χ2n) is 6.01. The van der Waals surface area contributed by atoms with Crippen LogP contribution in [0.2, 0.25) is 0 Å². The molecule has 2 rings (SSSR count). The van der Waals surface area contributed by atoms with Crippen molar-refractivity contribution in [3.05, 3.63) is 23.9 Å². The first-order valence-electron chi connectivity index (χ1n) is 7.20. The number of nitrogens with zero attached hydrogens (tertiary/aromatic N) is 1. The van der Waals surface area contributed by atoms with Crippen LogP contribution < -0.4 is 0 Å². The van der Waals surface area contributed by atoms with Gasteiger partial charge in [0.15, 0.2) is 5.78 Å². The van der Waals surface area contributed by atoms with Gasteiger partial charge in [-0.15, -0.1) is 0 Å². The highest BCUT2D eigenvalue weighted by Crippen LogP contribution is 2.18. The molecule has 0 unspecified atom stereocenters. The number of carbonyl (C=O) groups excluding carboxylic acids is 2. The molecule has 0 aromatic rings. The summed E-state index contributed by atoms with van der Waals surface area (Å²) in [4.78, 5) is 22.9. The van der Waals surface area contributed by atoms with Gasteiger partial charge < -0.3 is 9.64 Å². The third kappa shape index (κ3) is 6.55. The number of ketones is 1. The monoisotopic (exact) mass is 279 g/mol. The number of hydrogen-bond acceptors (Lipinski definition) is 4. The minimum absolute atomic E-state index is 0.223. The molecule has 0 atom stereocenters. The number of carbonyl (C=O) groups is 2. The van der Waals surface area contributed by atoms with Crippen molar-refractivity contribution in [2.45, 2.75) is 52.1 Å². The molecule has 20 heavy (non-hydrogen) atoms. The summed E-state index contributed by atoms with van der Waals surface area (Å²) in [6.45, 7) is 8.24. The van der Waals surface area contributed by atoms with Crippen molar-refractivity contribution >= 4 is 12.3 Å². The summed E-state index contributed by atoms with van der Waals surface area (Å²) < 4.78 is 4.55. The van der Waals surface area contributed by atoms with Gasteiger partial charge in [0.05, 0.1) is 0 Å². The Labute approximate surface area is 121 Å². The molecule has 0 saturated carbocycles. The van der Waals surface area contributed by atoms with Gasteiger partial charge in [0.1, 0.15) is 5.60 Å². The quantitative estimate of drug-likeness (QED) is 0.729. The Hall–Kier alpha value is -1.58. The third-order valence-electron chi connectivity index (χ3n) is 3.08. The van der Waals surface area contributed by atoms with E-state index in [1.165, 1.54) is 25.0 Å². The first-order valence-corrected chi connectivity index (χ1v) is 7.20. The van der Waals surface area contributed by atoms with Crippen LogP contribution in [0.3, 0.4) is 0 Å². The van der Waals surface area contributed by atoms with Crippen LogP contribution in [0.1, 0.15) is 46.5 Å². The summed E-state index contributed by atoms with van der Waals surface area (Å²) >= 11 is 0. The third-order valence-corrected chi connectivity index (χ3v) is 3.08. The lowest BCUT2D eigenvalue weighted by Crippen LogP contribution is -2.29. The molecule has 0 N–H and O–H groups in total. The van der Waals surface area contributed by atoms with Gasteiger partial charge >= 0.3 is 0 Å². The van der Waals surface area contributed by atoms with Crippen LogP contribution in [-0.2, 0) is 14.3 Å². The van der Waals surface area contributed by atoms with Crippen molar-refractivity contribution in [3.8, 4) is 0 Å². The first kappa shape index (κ1) is 16.5. The Balaban J connectivity index is 0.000000246. The molecule has 0 aromatic heterocycles. The number of ether oxygens (including phenoxy) is 1. The molecule has 0 aromatic carbocycles. The second-order valence-corrected chi connectivity index (χ2v) is 6.01. The van der Waals surface area contributed by atoms with Crippen LogP contribution in [0.25, 0.3) is 0 Å². The zero-order chi connectivity index (χ0) is 15.0. The van der Waals surface area contributed by atoms with Crippen molar-refractivity contribution in [3.63, 3.8) is 0 Å². The molecule has 1 aliphatic heterocycles. The van der Waals surface area contributed by atoms with E-state index in [0.717, 1.165) is 13.1 Å².